The minimum atomic E-state index is -0.195. The third kappa shape index (κ3) is 3.83. The number of amides is 2. The summed E-state index contributed by atoms with van der Waals surface area (Å²) in [5.74, 6) is -0.195. The summed E-state index contributed by atoms with van der Waals surface area (Å²) in [6.07, 6.45) is 5.83. The smallest absolute Gasteiger partial charge is 0.317 e. The molecule has 4 nitrogen and oxygen atoms in total. The molecule has 3 rings (SSSR count). The highest BCUT2D eigenvalue weighted by molar-refractivity contribution is 5.74. The lowest BCUT2D eigenvalue weighted by atomic mass is 9.95. The van der Waals surface area contributed by atoms with Gasteiger partial charge in [-0.1, -0.05) is 37.5 Å². The van der Waals surface area contributed by atoms with Crippen molar-refractivity contribution in [1.82, 2.24) is 15.1 Å². The molecule has 0 bridgehead atoms. The highest BCUT2D eigenvalue weighted by atomic mass is 19.1. The van der Waals surface area contributed by atoms with Gasteiger partial charge in [0.25, 0.3) is 0 Å². The van der Waals surface area contributed by atoms with E-state index in [1.807, 2.05) is 24.1 Å². The van der Waals surface area contributed by atoms with Crippen molar-refractivity contribution < 1.29 is 9.18 Å². The molecular formula is C18H26FN3O. The van der Waals surface area contributed by atoms with Crippen LogP contribution in [0.15, 0.2) is 24.3 Å². The maximum atomic E-state index is 14.1. The van der Waals surface area contributed by atoms with Crippen LogP contribution in [0.2, 0.25) is 0 Å². The highest BCUT2D eigenvalue weighted by Gasteiger charge is 2.30. The lowest BCUT2D eigenvalue weighted by Crippen LogP contribution is -2.54. The van der Waals surface area contributed by atoms with Crippen molar-refractivity contribution in [1.29, 1.82) is 0 Å². The van der Waals surface area contributed by atoms with Gasteiger partial charge < -0.3 is 10.2 Å². The fraction of sp³-hybridized carbons (Fsp3) is 0.611. The first-order valence-corrected chi connectivity index (χ1v) is 8.65. The second kappa shape index (κ2) is 7.30. The summed E-state index contributed by atoms with van der Waals surface area (Å²) in [6, 6.07) is 7.10. The van der Waals surface area contributed by atoms with Gasteiger partial charge >= 0.3 is 6.03 Å². The molecule has 1 aliphatic carbocycles. The number of rotatable bonds is 2. The van der Waals surface area contributed by atoms with Crippen molar-refractivity contribution in [3.05, 3.63) is 35.6 Å². The van der Waals surface area contributed by atoms with Gasteiger partial charge in [0.05, 0.1) is 6.04 Å². The Kier molecular flexibility index (Phi) is 5.16. The van der Waals surface area contributed by atoms with Gasteiger partial charge in [0.1, 0.15) is 5.82 Å². The average molecular weight is 319 g/mol. The van der Waals surface area contributed by atoms with Gasteiger partial charge in [-0.15, -0.1) is 0 Å². The first-order chi connectivity index (χ1) is 11.1. The number of halogens is 1. The molecule has 23 heavy (non-hydrogen) atoms. The minimum Gasteiger partial charge on any atom is -0.335 e. The number of carbonyl (C=O) groups excluding carboxylic acids is 1. The summed E-state index contributed by atoms with van der Waals surface area (Å²) in [7, 11) is 1.99. The lowest BCUT2D eigenvalue weighted by Gasteiger charge is -2.40. The zero-order valence-corrected chi connectivity index (χ0v) is 13.8. The van der Waals surface area contributed by atoms with Crippen LogP contribution in [0.4, 0.5) is 9.18 Å². The number of carbonyl (C=O) groups is 1. The van der Waals surface area contributed by atoms with Gasteiger partial charge in [-0.25, -0.2) is 9.18 Å². The van der Waals surface area contributed by atoms with Crippen molar-refractivity contribution in [3.63, 3.8) is 0 Å². The maximum absolute atomic E-state index is 14.1. The Labute approximate surface area is 137 Å². The van der Waals surface area contributed by atoms with Crippen LogP contribution in [0.3, 0.4) is 0 Å². The van der Waals surface area contributed by atoms with Gasteiger partial charge in [-0.3, -0.25) is 4.90 Å². The number of urea groups is 1. The molecule has 1 aromatic carbocycles. The SMILES string of the molecule is CN1CCN(C(=O)NC2CCCCC2)CC1c1ccccc1F. The van der Waals surface area contributed by atoms with E-state index in [2.05, 4.69) is 10.2 Å². The molecule has 1 unspecified atom stereocenters. The molecule has 0 aromatic heterocycles. The van der Waals surface area contributed by atoms with Crippen LogP contribution >= 0.6 is 0 Å². The summed E-state index contributed by atoms with van der Waals surface area (Å²) in [5.41, 5.74) is 0.671. The summed E-state index contributed by atoms with van der Waals surface area (Å²) < 4.78 is 14.1. The van der Waals surface area contributed by atoms with E-state index in [4.69, 9.17) is 0 Å². The second-order valence-electron chi connectivity index (χ2n) is 6.75. The van der Waals surface area contributed by atoms with E-state index in [0.29, 0.717) is 24.7 Å². The summed E-state index contributed by atoms with van der Waals surface area (Å²) in [6.45, 7) is 1.99. The normalized spacial score (nSPS) is 23.7. The molecule has 0 radical (unpaired) electrons. The van der Waals surface area contributed by atoms with Crippen LogP contribution in [-0.2, 0) is 0 Å². The Bertz CT molecular complexity index is 545. The number of nitrogens with zero attached hydrogens (tertiary/aromatic N) is 2. The Morgan fingerprint density at radius 1 is 1.17 bits per heavy atom. The quantitative estimate of drug-likeness (QED) is 0.909. The van der Waals surface area contributed by atoms with E-state index >= 15 is 0 Å². The van der Waals surface area contributed by atoms with Gasteiger partial charge in [0.15, 0.2) is 0 Å². The third-order valence-corrected chi connectivity index (χ3v) is 5.13. The van der Waals surface area contributed by atoms with E-state index in [0.717, 1.165) is 19.4 Å². The standard InChI is InChI=1S/C18H26FN3O/c1-21-11-12-22(18(23)20-14-7-3-2-4-8-14)13-17(21)15-9-5-6-10-16(15)19/h5-6,9-10,14,17H,2-4,7-8,11-13H2,1H3,(H,20,23). The zero-order chi connectivity index (χ0) is 16.2. The van der Waals surface area contributed by atoms with E-state index in [-0.39, 0.29) is 17.9 Å². The molecule has 1 heterocycles. The number of hydrogen-bond donors (Lipinski definition) is 1. The van der Waals surface area contributed by atoms with Crippen LogP contribution < -0.4 is 5.32 Å². The van der Waals surface area contributed by atoms with Crippen LogP contribution in [0, 0.1) is 5.82 Å². The van der Waals surface area contributed by atoms with E-state index < -0.39 is 0 Å². The molecule has 2 fully saturated rings. The van der Waals surface area contributed by atoms with Crippen molar-refractivity contribution in [2.45, 2.75) is 44.2 Å². The van der Waals surface area contributed by atoms with Crippen molar-refractivity contribution in [3.8, 4) is 0 Å². The van der Waals surface area contributed by atoms with Crippen molar-refractivity contribution >= 4 is 6.03 Å². The number of hydrogen-bond acceptors (Lipinski definition) is 2. The number of likely N-dealkylation sites (N-methyl/N-ethyl adjacent to an activating group) is 1. The molecule has 1 aromatic rings. The van der Waals surface area contributed by atoms with Crippen molar-refractivity contribution in [2.24, 2.45) is 0 Å². The average Bonchev–Trinajstić information content (AvgIpc) is 2.57. The van der Waals surface area contributed by atoms with E-state index in [1.165, 1.54) is 25.3 Å². The minimum absolute atomic E-state index is 0.00587. The van der Waals surface area contributed by atoms with Gasteiger partial charge in [0.2, 0.25) is 0 Å². The number of benzene rings is 1. The third-order valence-electron chi connectivity index (χ3n) is 5.13. The molecule has 2 aliphatic rings. The van der Waals surface area contributed by atoms with Crippen molar-refractivity contribution in [2.75, 3.05) is 26.7 Å². The molecule has 1 atom stereocenters. The summed E-state index contributed by atoms with van der Waals surface area (Å²) in [4.78, 5) is 16.5. The zero-order valence-electron chi connectivity index (χ0n) is 13.8. The fourth-order valence-electron chi connectivity index (χ4n) is 3.65. The maximum Gasteiger partial charge on any atom is 0.317 e. The van der Waals surface area contributed by atoms with Gasteiger partial charge in [0, 0.05) is 31.2 Å². The molecule has 5 heteroatoms. The first kappa shape index (κ1) is 16.2. The molecule has 1 N–H and O–H groups in total. The lowest BCUT2D eigenvalue weighted by molar-refractivity contribution is 0.105. The summed E-state index contributed by atoms with van der Waals surface area (Å²) in [5, 5.41) is 3.16. The Morgan fingerprint density at radius 3 is 2.65 bits per heavy atom. The van der Waals surface area contributed by atoms with Crippen LogP contribution in [0.5, 0.6) is 0 Å². The van der Waals surface area contributed by atoms with E-state index in [1.54, 1.807) is 6.07 Å². The first-order valence-electron chi connectivity index (χ1n) is 8.65. The predicted molar refractivity (Wildman–Crippen MR) is 88.7 cm³/mol. The number of nitrogens with one attached hydrogen (secondary N) is 1. The topological polar surface area (TPSA) is 35.6 Å². The molecule has 1 saturated heterocycles. The van der Waals surface area contributed by atoms with Gasteiger partial charge in [-0.2, -0.15) is 0 Å². The van der Waals surface area contributed by atoms with Gasteiger partial charge in [-0.05, 0) is 26.0 Å². The molecule has 1 saturated carbocycles. The van der Waals surface area contributed by atoms with Crippen LogP contribution in [-0.4, -0.2) is 48.6 Å². The Balaban J connectivity index is 1.65. The second-order valence-corrected chi connectivity index (χ2v) is 6.75. The Hall–Kier alpha value is -1.62. The largest absolute Gasteiger partial charge is 0.335 e. The highest BCUT2D eigenvalue weighted by Crippen LogP contribution is 2.26. The fourth-order valence-corrected chi connectivity index (χ4v) is 3.65. The van der Waals surface area contributed by atoms with Crippen LogP contribution in [0.1, 0.15) is 43.7 Å². The monoisotopic (exact) mass is 319 g/mol. The van der Waals surface area contributed by atoms with Crippen LogP contribution in [0.25, 0.3) is 0 Å². The molecular weight excluding hydrogens is 293 g/mol. The summed E-state index contributed by atoms with van der Waals surface area (Å²) >= 11 is 0. The molecule has 0 spiro atoms. The molecule has 1 aliphatic heterocycles. The number of piperazine rings is 1. The molecule has 2 amide bonds. The molecule has 126 valence electrons. The predicted octanol–water partition coefficient (Wildman–Crippen LogP) is 3.16. The van der Waals surface area contributed by atoms with E-state index in [9.17, 15) is 9.18 Å². The Morgan fingerprint density at radius 2 is 1.91 bits per heavy atom.